The average molecular weight is 519 g/mol. The van der Waals surface area contributed by atoms with E-state index in [9.17, 15) is 39.6 Å². The van der Waals surface area contributed by atoms with Crippen LogP contribution in [-0.2, 0) is 27.2 Å². The van der Waals surface area contributed by atoms with Crippen LogP contribution in [0.1, 0.15) is 16.7 Å². The number of carbonyl (C=O) groups is 1. The van der Waals surface area contributed by atoms with Gasteiger partial charge in [-0.3, -0.25) is 9.52 Å². The smallest absolute Gasteiger partial charge is 0.366 e. The molecule has 35 heavy (non-hydrogen) atoms. The van der Waals surface area contributed by atoms with Gasteiger partial charge < -0.3 is 5.73 Å². The lowest BCUT2D eigenvalue weighted by atomic mass is 10.0. The quantitative estimate of drug-likeness (QED) is 0.379. The van der Waals surface area contributed by atoms with E-state index in [-0.39, 0.29) is 22.9 Å². The van der Waals surface area contributed by atoms with Gasteiger partial charge in [-0.15, -0.1) is 5.10 Å². The zero-order chi connectivity index (χ0) is 26.2. The molecular weight excluding hydrogens is 504 g/mol. The first-order valence-electron chi connectivity index (χ1n) is 9.34. The Morgan fingerprint density at radius 1 is 1.00 bits per heavy atom. The first-order chi connectivity index (χ1) is 16.0. The lowest BCUT2D eigenvalue weighted by molar-refractivity contribution is -0.143. The van der Waals surface area contributed by atoms with Crippen LogP contribution in [0.15, 0.2) is 48.8 Å². The maximum atomic E-state index is 13.1. The predicted molar refractivity (Wildman–Crippen MR) is 114 cm³/mol. The number of nitrogens with one attached hydrogen (secondary N) is 1. The summed E-state index contributed by atoms with van der Waals surface area (Å²) in [4.78, 5) is 15.7. The Labute approximate surface area is 194 Å². The first-order valence-corrected chi connectivity index (χ1v) is 11.2. The maximum absolute atomic E-state index is 13.1. The van der Waals surface area contributed by atoms with Gasteiger partial charge in [0.15, 0.2) is 5.82 Å². The van der Waals surface area contributed by atoms with Crippen LogP contribution in [0.5, 0.6) is 0 Å². The third-order valence-electron chi connectivity index (χ3n) is 4.38. The predicted octanol–water partition coefficient (Wildman–Crippen LogP) is 3.84. The molecule has 0 aliphatic rings. The normalized spacial score (nSPS) is 13.1. The molecule has 0 aliphatic carbocycles. The van der Waals surface area contributed by atoms with Gasteiger partial charge >= 0.3 is 12.4 Å². The van der Waals surface area contributed by atoms with Gasteiger partial charge in [-0.2, -0.15) is 26.3 Å². The lowest BCUT2D eigenvalue weighted by Gasteiger charge is -2.13. The Morgan fingerprint density at radius 2 is 1.54 bits per heavy atom. The fraction of sp³-hybridized carbons (Fsp3) is 0.150. The van der Waals surface area contributed by atoms with Gasteiger partial charge in [-0.05, 0) is 35.9 Å². The van der Waals surface area contributed by atoms with Crippen LogP contribution < -0.4 is 10.5 Å². The summed E-state index contributed by atoms with van der Waals surface area (Å²) < 4.78 is 104. The number of amides is 1. The molecule has 0 spiro atoms. The molecule has 3 rings (SSSR count). The number of primary amides is 1. The molecule has 1 amide bonds. The summed E-state index contributed by atoms with van der Waals surface area (Å²) in [7, 11) is -3.54. The second-order valence-electron chi connectivity index (χ2n) is 7.20. The van der Waals surface area contributed by atoms with E-state index in [1.807, 2.05) is 0 Å². The summed E-state index contributed by atoms with van der Waals surface area (Å²) in [5, 5.41) is 3.84. The van der Waals surface area contributed by atoms with Crippen molar-refractivity contribution in [3.8, 4) is 11.4 Å². The van der Waals surface area contributed by atoms with E-state index in [2.05, 4.69) is 14.8 Å². The highest BCUT2D eigenvalue weighted by Gasteiger charge is 2.37. The van der Waals surface area contributed by atoms with Gasteiger partial charge in [-0.1, -0.05) is 12.1 Å². The molecule has 1 aromatic heterocycles. The number of aromatic nitrogens is 3. The Morgan fingerprint density at radius 3 is 2.00 bits per heavy atom. The molecule has 1 heterocycles. The van der Waals surface area contributed by atoms with Crippen molar-refractivity contribution in [3.05, 3.63) is 65.5 Å². The van der Waals surface area contributed by atoms with Gasteiger partial charge in [0.05, 0.1) is 23.0 Å². The van der Waals surface area contributed by atoms with E-state index in [1.54, 1.807) is 0 Å². The number of hydrogen-bond donors (Lipinski definition) is 2. The molecule has 3 aromatic rings. The molecule has 8 nitrogen and oxygen atoms in total. The van der Waals surface area contributed by atoms with Crippen molar-refractivity contribution in [2.24, 2.45) is 5.73 Å². The van der Waals surface area contributed by atoms with E-state index < -0.39 is 50.8 Å². The number of hydrogen-bond acceptors (Lipinski definition) is 5. The fourth-order valence-corrected chi connectivity index (χ4v) is 3.46. The SMILES string of the molecule is CS(=O)(=O)Nc1ccc(/C(=C\n2cnc(-c3cc(C(F)(F)F)cc(C(F)(F)F)c3)n2)C(N)=O)cc1. The molecule has 0 saturated heterocycles. The van der Waals surface area contributed by atoms with E-state index in [1.165, 1.54) is 24.3 Å². The molecule has 0 unspecified atom stereocenters. The van der Waals surface area contributed by atoms with Gasteiger partial charge in [-0.25, -0.2) is 18.1 Å². The number of alkyl halides is 6. The summed E-state index contributed by atoms with van der Waals surface area (Å²) >= 11 is 0. The molecular formula is C20H15F6N5O3S. The number of anilines is 1. The number of carbonyl (C=O) groups excluding carboxylic acids is 1. The van der Waals surface area contributed by atoms with Crippen molar-refractivity contribution >= 4 is 33.4 Å². The van der Waals surface area contributed by atoms with Crippen LogP contribution in [-0.4, -0.2) is 35.3 Å². The van der Waals surface area contributed by atoms with Gasteiger partial charge in [0.2, 0.25) is 10.0 Å². The van der Waals surface area contributed by atoms with Gasteiger partial charge in [0, 0.05) is 17.5 Å². The Bertz CT molecular complexity index is 1360. The highest BCUT2D eigenvalue weighted by Crippen LogP contribution is 2.38. The number of nitrogens with zero attached hydrogens (tertiary/aromatic N) is 3. The van der Waals surface area contributed by atoms with Crippen LogP contribution in [0.4, 0.5) is 32.0 Å². The monoisotopic (exact) mass is 519 g/mol. The van der Waals surface area contributed by atoms with Crippen LogP contribution in [0, 0.1) is 0 Å². The number of sulfonamides is 1. The topological polar surface area (TPSA) is 120 Å². The minimum atomic E-state index is -5.05. The van der Waals surface area contributed by atoms with Crippen LogP contribution >= 0.6 is 0 Å². The number of nitrogens with two attached hydrogens (primary N) is 1. The molecule has 0 saturated carbocycles. The molecule has 186 valence electrons. The second kappa shape index (κ2) is 9.05. The first kappa shape index (κ1) is 25.7. The summed E-state index contributed by atoms with van der Waals surface area (Å²) in [6.45, 7) is 0. The number of benzene rings is 2. The summed E-state index contributed by atoms with van der Waals surface area (Å²) in [5.41, 5.74) is 2.05. The number of halogens is 6. The van der Waals surface area contributed by atoms with Crippen LogP contribution in [0.2, 0.25) is 0 Å². The molecule has 3 N–H and O–H groups in total. The van der Waals surface area contributed by atoms with E-state index in [4.69, 9.17) is 5.73 Å². The van der Waals surface area contributed by atoms with E-state index in [0.29, 0.717) is 12.1 Å². The molecule has 0 fully saturated rings. The van der Waals surface area contributed by atoms with Crippen molar-refractivity contribution in [3.63, 3.8) is 0 Å². The Hall–Kier alpha value is -3.88. The molecule has 0 radical (unpaired) electrons. The fourth-order valence-electron chi connectivity index (χ4n) is 2.90. The molecule has 0 bridgehead atoms. The van der Waals surface area contributed by atoms with Crippen molar-refractivity contribution < 1.29 is 39.6 Å². The third kappa shape index (κ3) is 6.59. The minimum Gasteiger partial charge on any atom is -0.366 e. The van der Waals surface area contributed by atoms with E-state index >= 15 is 0 Å². The van der Waals surface area contributed by atoms with Crippen molar-refractivity contribution in [1.29, 1.82) is 0 Å². The van der Waals surface area contributed by atoms with Gasteiger partial charge in [0.1, 0.15) is 6.33 Å². The molecule has 2 aromatic carbocycles. The molecule has 15 heteroatoms. The zero-order valence-corrected chi connectivity index (χ0v) is 18.3. The standard InChI is InChI=1S/C20H15F6N5O3S/c1-35(33,34)30-15-4-2-11(3-5-15)16(17(27)32)9-31-10-28-18(29-31)12-6-13(19(21,22)23)8-14(7-12)20(24,25)26/h2-10,30H,1H3,(H2,27,32)/b16-9+. The van der Waals surface area contributed by atoms with Crippen molar-refractivity contribution in [1.82, 2.24) is 14.8 Å². The lowest BCUT2D eigenvalue weighted by Crippen LogP contribution is -2.14. The highest BCUT2D eigenvalue weighted by molar-refractivity contribution is 7.92. The van der Waals surface area contributed by atoms with Gasteiger partial charge in [0.25, 0.3) is 5.91 Å². The Kier molecular flexibility index (Phi) is 6.66. The summed E-state index contributed by atoms with van der Waals surface area (Å²) in [5.74, 6) is -1.40. The zero-order valence-electron chi connectivity index (χ0n) is 17.5. The average Bonchev–Trinajstić information content (AvgIpc) is 3.18. The second-order valence-corrected chi connectivity index (χ2v) is 8.95. The summed E-state index contributed by atoms with van der Waals surface area (Å²) in [6, 6.07) is 6.35. The largest absolute Gasteiger partial charge is 0.416 e. The molecule has 0 aliphatic heterocycles. The highest BCUT2D eigenvalue weighted by atomic mass is 32.2. The maximum Gasteiger partial charge on any atom is 0.416 e. The Balaban J connectivity index is 2.00. The van der Waals surface area contributed by atoms with Crippen LogP contribution in [0.25, 0.3) is 23.2 Å². The van der Waals surface area contributed by atoms with Crippen molar-refractivity contribution in [2.45, 2.75) is 12.4 Å². The molecule has 0 atom stereocenters. The third-order valence-corrected chi connectivity index (χ3v) is 4.99. The summed E-state index contributed by atoms with van der Waals surface area (Å²) in [6.07, 6.45) is -7.12. The van der Waals surface area contributed by atoms with Crippen LogP contribution in [0.3, 0.4) is 0 Å². The minimum absolute atomic E-state index is 0.0200. The van der Waals surface area contributed by atoms with E-state index in [0.717, 1.165) is 23.5 Å². The van der Waals surface area contributed by atoms with Crippen molar-refractivity contribution in [2.75, 3.05) is 11.0 Å². The number of rotatable bonds is 6.